The summed E-state index contributed by atoms with van der Waals surface area (Å²) in [6.07, 6.45) is -0.0753. The van der Waals surface area contributed by atoms with E-state index >= 15 is 0 Å². The molecule has 3 unspecified atom stereocenters. The van der Waals surface area contributed by atoms with E-state index in [1.54, 1.807) is 6.07 Å². The molecule has 28 heavy (non-hydrogen) atoms. The lowest BCUT2D eigenvalue weighted by Gasteiger charge is -2.36. The minimum absolute atomic E-state index is 0. The Hall–Kier alpha value is -0.830. The highest BCUT2D eigenvalue weighted by Gasteiger charge is 2.29. The first kappa shape index (κ1) is 27.2. The van der Waals surface area contributed by atoms with Gasteiger partial charge in [-0.25, -0.2) is 4.39 Å². The third-order valence-electron chi connectivity index (χ3n) is 5.08. The molecule has 1 amide bonds. The summed E-state index contributed by atoms with van der Waals surface area (Å²) in [4.78, 5) is 16.9. The Morgan fingerprint density at radius 1 is 1.25 bits per heavy atom. The summed E-state index contributed by atoms with van der Waals surface area (Å²) < 4.78 is 13.8. The van der Waals surface area contributed by atoms with Crippen molar-refractivity contribution in [2.24, 2.45) is 0 Å². The van der Waals surface area contributed by atoms with Gasteiger partial charge in [-0.1, -0.05) is 0 Å². The molecule has 10 heteroatoms. The number of likely N-dealkylation sites (N-methyl/N-ethyl adjacent to an activating group) is 1. The number of β-amino-alcohol motifs (C(OH)–C–C–N with tert-alkyl or cyclic N) is 1. The number of amides is 1. The van der Waals surface area contributed by atoms with Gasteiger partial charge in [-0.05, 0) is 38.6 Å². The number of nitrogens with zero attached hydrogens (tertiary/aromatic N) is 2. The van der Waals surface area contributed by atoms with Crippen molar-refractivity contribution in [1.29, 1.82) is 0 Å². The van der Waals surface area contributed by atoms with Gasteiger partial charge < -0.3 is 25.5 Å². The highest BCUT2D eigenvalue weighted by molar-refractivity contribution is 5.86. The molecule has 3 N–H and O–H groups in total. The summed E-state index contributed by atoms with van der Waals surface area (Å²) in [7, 11) is 2.09. The molecule has 6 nitrogen and oxygen atoms in total. The van der Waals surface area contributed by atoms with Crippen molar-refractivity contribution >= 4 is 48.8 Å². The summed E-state index contributed by atoms with van der Waals surface area (Å²) in [5.41, 5.74) is 1.76. The Balaban J connectivity index is 0.00000243. The Labute approximate surface area is 184 Å². The van der Waals surface area contributed by atoms with Gasteiger partial charge in [-0.15, -0.1) is 37.2 Å². The van der Waals surface area contributed by atoms with Crippen LogP contribution in [-0.4, -0.2) is 67.8 Å². The van der Waals surface area contributed by atoms with E-state index in [0.29, 0.717) is 13.0 Å². The number of rotatable bonds is 4. The molecule has 3 atom stereocenters. The molecular weight excluding hydrogens is 430 g/mol. The topological polar surface area (TPSA) is 67.8 Å². The number of hydrogen-bond donors (Lipinski definition) is 3. The van der Waals surface area contributed by atoms with E-state index in [4.69, 9.17) is 0 Å². The first-order chi connectivity index (χ1) is 11.9. The second-order valence-corrected chi connectivity index (χ2v) is 7.07. The van der Waals surface area contributed by atoms with Crippen LogP contribution in [0.3, 0.4) is 0 Å². The monoisotopic (exact) mass is 458 g/mol. The number of hydrogen-bond acceptors (Lipinski definition) is 5. The van der Waals surface area contributed by atoms with Crippen LogP contribution in [0.4, 0.5) is 10.1 Å². The first-order valence-electron chi connectivity index (χ1n) is 8.89. The number of carbonyl (C=O) groups excluding carboxylic acids is 1. The average molecular weight is 460 g/mol. The van der Waals surface area contributed by atoms with Crippen LogP contribution in [0.15, 0.2) is 18.2 Å². The highest BCUT2D eigenvalue weighted by atomic mass is 35.5. The molecule has 0 saturated carbocycles. The van der Waals surface area contributed by atoms with Crippen molar-refractivity contribution in [3.63, 3.8) is 0 Å². The van der Waals surface area contributed by atoms with Crippen molar-refractivity contribution in [3.05, 3.63) is 29.6 Å². The maximum Gasteiger partial charge on any atom is 0.237 e. The minimum atomic E-state index is -0.485. The zero-order chi connectivity index (χ0) is 18.0. The summed E-state index contributed by atoms with van der Waals surface area (Å²) in [6.45, 7) is 5.98. The number of piperazine rings is 1. The molecular formula is C18H30Cl3FN4O2. The van der Waals surface area contributed by atoms with Crippen LogP contribution < -0.4 is 15.5 Å². The fourth-order valence-electron chi connectivity index (χ4n) is 3.52. The van der Waals surface area contributed by atoms with Crippen LogP contribution in [0.5, 0.6) is 0 Å². The van der Waals surface area contributed by atoms with Crippen molar-refractivity contribution in [3.8, 4) is 0 Å². The normalized spacial score (nSPS) is 23.1. The first-order valence-corrected chi connectivity index (χ1v) is 8.89. The molecule has 2 saturated heterocycles. The fourth-order valence-corrected chi connectivity index (χ4v) is 3.52. The molecule has 0 spiro atoms. The lowest BCUT2D eigenvalue weighted by molar-refractivity contribution is -0.123. The molecule has 1 aromatic carbocycles. The quantitative estimate of drug-likeness (QED) is 0.640. The van der Waals surface area contributed by atoms with Gasteiger partial charge in [0.15, 0.2) is 0 Å². The number of benzene rings is 1. The largest absolute Gasteiger partial charge is 0.392 e. The molecule has 0 aromatic heterocycles. The van der Waals surface area contributed by atoms with Crippen LogP contribution in [0.25, 0.3) is 0 Å². The van der Waals surface area contributed by atoms with Crippen molar-refractivity contribution in [1.82, 2.24) is 15.5 Å². The molecule has 1 aromatic rings. The maximum absolute atomic E-state index is 13.8. The van der Waals surface area contributed by atoms with E-state index in [1.165, 1.54) is 12.1 Å². The average Bonchev–Trinajstić information content (AvgIpc) is 3.02. The van der Waals surface area contributed by atoms with Crippen LogP contribution in [-0.2, 0) is 4.79 Å². The number of carbonyl (C=O) groups is 1. The Bertz CT molecular complexity index is 633. The smallest absolute Gasteiger partial charge is 0.237 e. The number of nitrogens with one attached hydrogen (secondary N) is 2. The zero-order valence-electron chi connectivity index (χ0n) is 16.1. The van der Waals surface area contributed by atoms with Gasteiger partial charge in [0.2, 0.25) is 5.91 Å². The highest BCUT2D eigenvalue weighted by Crippen LogP contribution is 2.28. The van der Waals surface area contributed by atoms with Gasteiger partial charge in [0, 0.05) is 44.0 Å². The molecule has 2 aliphatic rings. The predicted molar refractivity (Wildman–Crippen MR) is 117 cm³/mol. The second-order valence-electron chi connectivity index (χ2n) is 7.07. The van der Waals surface area contributed by atoms with E-state index < -0.39 is 12.1 Å². The van der Waals surface area contributed by atoms with Gasteiger partial charge in [-0.2, -0.15) is 0 Å². The minimum Gasteiger partial charge on any atom is -0.392 e. The van der Waals surface area contributed by atoms with Gasteiger partial charge >= 0.3 is 0 Å². The predicted octanol–water partition coefficient (Wildman–Crippen LogP) is 1.74. The Kier molecular flexibility index (Phi) is 11.6. The fraction of sp³-hybridized carbons (Fsp3) is 0.611. The zero-order valence-corrected chi connectivity index (χ0v) is 18.5. The number of halogens is 4. The number of aliphatic hydroxyl groups excluding tert-OH is 1. The van der Waals surface area contributed by atoms with E-state index in [-0.39, 0.29) is 55.0 Å². The van der Waals surface area contributed by atoms with Gasteiger partial charge in [0.1, 0.15) is 5.82 Å². The van der Waals surface area contributed by atoms with Crippen molar-refractivity contribution in [2.45, 2.75) is 31.5 Å². The van der Waals surface area contributed by atoms with Crippen molar-refractivity contribution < 1.29 is 14.3 Å². The third kappa shape index (κ3) is 6.61. The summed E-state index contributed by atoms with van der Waals surface area (Å²) >= 11 is 0. The molecule has 2 aliphatic heterocycles. The molecule has 0 radical (unpaired) electrons. The summed E-state index contributed by atoms with van der Waals surface area (Å²) in [5, 5.41) is 15.5. The second kappa shape index (κ2) is 12.0. The maximum atomic E-state index is 13.8. The van der Waals surface area contributed by atoms with E-state index in [1.807, 2.05) is 6.92 Å². The molecule has 162 valence electrons. The standard InChI is InChI=1S/C18H27FN4O2.3ClH/c1-12(21-18(25)16-10-14(24)11-20-16)15-9-13(19)3-4-17(15)23-7-5-22(2)6-8-23;;;/h3-4,9,12,14,16,20,24H,5-8,10-11H2,1-2H3,(H,21,25);3*1H. The van der Waals surface area contributed by atoms with Crippen molar-refractivity contribution in [2.75, 3.05) is 44.7 Å². The SMILES string of the molecule is CC(NC(=O)C1CC(O)CN1)c1cc(F)ccc1N1CCN(C)CC1.Cl.Cl.Cl. The van der Waals surface area contributed by atoms with Gasteiger partial charge in [-0.3, -0.25) is 4.79 Å². The van der Waals surface area contributed by atoms with Crippen LogP contribution in [0, 0.1) is 5.82 Å². The number of anilines is 1. The number of aliphatic hydroxyl groups is 1. The lowest BCUT2D eigenvalue weighted by Crippen LogP contribution is -2.45. The molecule has 2 fully saturated rings. The van der Waals surface area contributed by atoms with Gasteiger partial charge in [0.05, 0.1) is 18.2 Å². The van der Waals surface area contributed by atoms with Crippen LogP contribution >= 0.6 is 37.2 Å². The molecule has 0 bridgehead atoms. The van der Waals surface area contributed by atoms with E-state index in [0.717, 1.165) is 37.4 Å². The Morgan fingerprint density at radius 3 is 2.46 bits per heavy atom. The molecule has 2 heterocycles. The van der Waals surface area contributed by atoms with Crippen LogP contribution in [0.2, 0.25) is 0 Å². The molecule has 0 aliphatic carbocycles. The van der Waals surface area contributed by atoms with E-state index in [2.05, 4.69) is 27.5 Å². The Morgan fingerprint density at radius 2 is 1.89 bits per heavy atom. The van der Waals surface area contributed by atoms with Crippen LogP contribution in [0.1, 0.15) is 24.9 Å². The summed E-state index contributed by atoms with van der Waals surface area (Å²) in [5.74, 6) is -0.457. The van der Waals surface area contributed by atoms with Gasteiger partial charge in [0.25, 0.3) is 0 Å². The molecule has 3 rings (SSSR count). The lowest BCUT2D eigenvalue weighted by atomic mass is 10.0. The van der Waals surface area contributed by atoms with E-state index in [9.17, 15) is 14.3 Å². The summed E-state index contributed by atoms with van der Waals surface area (Å²) in [6, 6.07) is 4.09. The third-order valence-corrected chi connectivity index (χ3v) is 5.08.